The van der Waals surface area contributed by atoms with Gasteiger partial charge in [-0.3, -0.25) is 4.79 Å². The van der Waals surface area contributed by atoms with Crippen molar-refractivity contribution in [3.8, 4) is 11.5 Å². The number of hydrogen-bond acceptors (Lipinski definition) is 6. The second-order valence-electron chi connectivity index (χ2n) is 5.19. The van der Waals surface area contributed by atoms with E-state index in [4.69, 9.17) is 4.42 Å². The summed E-state index contributed by atoms with van der Waals surface area (Å²) < 4.78 is 31.2. The largest absolute Gasteiger partial charge is 0.415 e. The third-order valence-electron chi connectivity index (χ3n) is 3.21. The molecule has 7 nitrogen and oxygen atoms in total. The minimum Gasteiger partial charge on any atom is -0.415 e. The first-order valence-corrected chi connectivity index (χ1v) is 7.06. The van der Waals surface area contributed by atoms with Gasteiger partial charge in [0.1, 0.15) is 5.82 Å². The number of aryl methyl sites for hydroxylation is 2. The quantitative estimate of drug-likeness (QED) is 0.728. The minimum atomic E-state index is -2.85. The van der Waals surface area contributed by atoms with Crippen LogP contribution in [0, 0.1) is 13.8 Å². The predicted molar refractivity (Wildman–Crippen MR) is 79.6 cm³/mol. The minimum absolute atomic E-state index is 0.128. The lowest BCUT2D eigenvalue weighted by Gasteiger charge is -2.06. The van der Waals surface area contributed by atoms with E-state index in [1.807, 2.05) is 19.9 Å². The molecule has 0 unspecified atom stereocenters. The molecule has 3 aromatic heterocycles. The Morgan fingerprint density at radius 2 is 1.88 bits per heavy atom. The van der Waals surface area contributed by atoms with E-state index in [9.17, 15) is 13.6 Å². The molecule has 0 bridgehead atoms. The van der Waals surface area contributed by atoms with Crippen LogP contribution in [0.25, 0.3) is 11.5 Å². The lowest BCUT2D eigenvalue weighted by molar-refractivity contribution is 0.116. The fraction of sp³-hybridized carbons (Fsp3) is 0.267. The van der Waals surface area contributed by atoms with Crippen molar-refractivity contribution in [3.05, 3.63) is 57.9 Å². The van der Waals surface area contributed by atoms with Crippen LogP contribution in [0.5, 0.6) is 0 Å². The molecule has 3 rings (SSSR count). The zero-order valence-corrected chi connectivity index (χ0v) is 12.9. The van der Waals surface area contributed by atoms with Gasteiger partial charge in [0.25, 0.3) is 11.4 Å². The highest BCUT2D eigenvalue weighted by Crippen LogP contribution is 2.22. The molecule has 0 amide bonds. The fourth-order valence-electron chi connectivity index (χ4n) is 2.23. The molecule has 0 atom stereocenters. The van der Waals surface area contributed by atoms with Crippen LogP contribution in [0.4, 0.5) is 8.78 Å². The summed E-state index contributed by atoms with van der Waals surface area (Å²) in [7, 11) is 0. The molecule has 0 saturated heterocycles. The maximum Gasteiger partial charge on any atom is 0.314 e. The molecule has 0 radical (unpaired) electrons. The average molecular weight is 333 g/mol. The molecule has 0 saturated carbocycles. The number of rotatable bonds is 4. The number of aromatic nitrogens is 5. The first-order chi connectivity index (χ1) is 11.4. The van der Waals surface area contributed by atoms with Crippen LogP contribution in [0.1, 0.15) is 29.5 Å². The van der Waals surface area contributed by atoms with E-state index in [2.05, 4.69) is 20.2 Å². The number of nitrogens with zero attached hydrogens (tertiary/aromatic N) is 5. The Labute approximate surface area is 135 Å². The van der Waals surface area contributed by atoms with Crippen LogP contribution >= 0.6 is 0 Å². The Bertz CT molecular complexity index is 915. The van der Waals surface area contributed by atoms with Gasteiger partial charge in [-0.1, -0.05) is 0 Å². The van der Waals surface area contributed by atoms with Gasteiger partial charge in [0, 0.05) is 29.2 Å². The van der Waals surface area contributed by atoms with E-state index < -0.39 is 12.3 Å². The summed E-state index contributed by atoms with van der Waals surface area (Å²) in [6.45, 7) is 3.90. The summed E-state index contributed by atoms with van der Waals surface area (Å²) in [6.07, 6.45) is -1.35. The topological polar surface area (TPSA) is 86.7 Å². The van der Waals surface area contributed by atoms with Crippen molar-refractivity contribution in [3.63, 3.8) is 0 Å². The summed E-state index contributed by atoms with van der Waals surface area (Å²) in [6, 6.07) is 4.61. The molecule has 0 N–H and O–H groups in total. The van der Waals surface area contributed by atoms with Gasteiger partial charge < -0.3 is 8.98 Å². The third-order valence-corrected chi connectivity index (χ3v) is 3.21. The summed E-state index contributed by atoms with van der Waals surface area (Å²) in [5.41, 5.74) is 1.55. The van der Waals surface area contributed by atoms with E-state index in [1.165, 1.54) is 22.9 Å². The van der Waals surface area contributed by atoms with Gasteiger partial charge in [-0.2, -0.15) is 8.78 Å². The van der Waals surface area contributed by atoms with Crippen LogP contribution in [-0.4, -0.2) is 24.7 Å². The molecule has 3 aromatic rings. The zero-order chi connectivity index (χ0) is 17.3. The molecule has 124 valence electrons. The predicted octanol–water partition coefficient (Wildman–Crippen LogP) is 2.29. The highest BCUT2D eigenvalue weighted by molar-refractivity contribution is 5.50. The van der Waals surface area contributed by atoms with Gasteiger partial charge in [0.05, 0.1) is 6.54 Å². The highest BCUT2D eigenvalue weighted by atomic mass is 19.3. The van der Waals surface area contributed by atoms with Crippen LogP contribution in [-0.2, 0) is 6.54 Å². The van der Waals surface area contributed by atoms with E-state index in [1.54, 1.807) is 0 Å². The number of pyridine rings is 1. The second kappa shape index (κ2) is 6.26. The average Bonchev–Trinajstić information content (AvgIpc) is 2.98. The molecule has 0 aliphatic carbocycles. The van der Waals surface area contributed by atoms with Crippen LogP contribution < -0.4 is 5.56 Å². The molecule has 9 heteroatoms. The molecular weight excluding hydrogens is 320 g/mol. The Morgan fingerprint density at radius 3 is 2.46 bits per heavy atom. The fourth-order valence-corrected chi connectivity index (χ4v) is 2.23. The molecule has 0 aliphatic heterocycles. The lowest BCUT2D eigenvalue weighted by atomic mass is 10.2. The van der Waals surface area contributed by atoms with Crippen LogP contribution in [0.15, 0.2) is 33.6 Å². The highest BCUT2D eigenvalue weighted by Gasteiger charge is 2.17. The molecular formula is C15H13F2N5O2. The first-order valence-electron chi connectivity index (χ1n) is 7.06. The Kier molecular flexibility index (Phi) is 4.15. The van der Waals surface area contributed by atoms with E-state index in [-0.39, 0.29) is 23.6 Å². The van der Waals surface area contributed by atoms with Crippen molar-refractivity contribution in [1.29, 1.82) is 0 Å². The first kappa shape index (κ1) is 15.9. The summed E-state index contributed by atoms with van der Waals surface area (Å²) >= 11 is 0. The van der Waals surface area contributed by atoms with Crippen LogP contribution in [0.3, 0.4) is 0 Å². The Balaban J connectivity index is 1.88. The molecule has 0 spiro atoms. The van der Waals surface area contributed by atoms with Crippen molar-refractivity contribution < 1.29 is 13.2 Å². The maximum atomic E-state index is 12.5. The molecule has 0 fully saturated rings. The van der Waals surface area contributed by atoms with Crippen molar-refractivity contribution in [2.75, 3.05) is 0 Å². The molecule has 0 aromatic carbocycles. The van der Waals surface area contributed by atoms with Gasteiger partial charge in [-0.25, -0.2) is 9.97 Å². The van der Waals surface area contributed by atoms with Crippen molar-refractivity contribution in [2.45, 2.75) is 26.8 Å². The van der Waals surface area contributed by atoms with Gasteiger partial charge in [-0.15, -0.1) is 10.2 Å². The van der Waals surface area contributed by atoms with Crippen molar-refractivity contribution in [1.82, 2.24) is 24.7 Å². The molecule has 0 aliphatic rings. The lowest BCUT2D eigenvalue weighted by Crippen LogP contribution is -2.20. The number of hydrogen-bond donors (Lipinski definition) is 0. The van der Waals surface area contributed by atoms with Crippen molar-refractivity contribution >= 4 is 0 Å². The summed E-state index contributed by atoms with van der Waals surface area (Å²) in [5, 5.41) is 6.75. The smallest absolute Gasteiger partial charge is 0.314 e. The number of alkyl halides is 2. The SMILES string of the molecule is Cc1cc(C)nc(Cn2ccc(-c3nnc(C(F)F)o3)cc2=O)n1. The Morgan fingerprint density at radius 1 is 1.17 bits per heavy atom. The zero-order valence-electron chi connectivity index (χ0n) is 12.9. The standard InChI is InChI=1S/C15H13F2N5O2/c1-8-5-9(2)19-11(18-8)7-22-4-3-10(6-12(22)23)14-20-21-15(24-14)13(16)17/h3-6,13H,7H2,1-2H3. The van der Waals surface area contributed by atoms with Crippen molar-refractivity contribution in [2.24, 2.45) is 0 Å². The summed E-state index contributed by atoms with van der Waals surface area (Å²) in [5.74, 6) is -0.393. The van der Waals surface area contributed by atoms with Gasteiger partial charge in [0.15, 0.2) is 0 Å². The number of halogens is 2. The molecule has 3 heterocycles. The van der Waals surface area contributed by atoms with Gasteiger partial charge in [-0.05, 0) is 26.0 Å². The Hall–Kier alpha value is -2.97. The molecule has 24 heavy (non-hydrogen) atoms. The van der Waals surface area contributed by atoms with E-state index in [0.29, 0.717) is 5.82 Å². The third kappa shape index (κ3) is 3.34. The van der Waals surface area contributed by atoms with Crippen LogP contribution in [0.2, 0.25) is 0 Å². The normalized spacial score (nSPS) is 11.2. The second-order valence-corrected chi connectivity index (χ2v) is 5.19. The van der Waals surface area contributed by atoms with E-state index >= 15 is 0 Å². The monoisotopic (exact) mass is 333 g/mol. The maximum absolute atomic E-state index is 12.5. The van der Waals surface area contributed by atoms with Gasteiger partial charge in [0.2, 0.25) is 5.89 Å². The van der Waals surface area contributed by atoms with E-state index in [0.717, 1.165) is 11.4 Å². The summed E-state index contributed by atoms with van der Waals surface area (Å²) in [4.78, 5) is 20.8. The van der Waals surface area contributed by atoms with Gasteiger partial charge >= 0.3 is 6.43 Å².